The molecule has 3 aliphatic carbocycles. The van der Waals surface area contributed by atoms with E-state index in [-0.39, 0.29) is 29.3 Å². The minimum atomic E-state index is -1.24. The quantitative estimate of drug-likeness (QED) is 0.339. The first-order chi connectivity index (χ1) is 16.8. The fourth-order valence-electron chi connectivity index (χ4n) is 7.09. The summed E-state index contributed by atoms with van der Waals surface area (Å²) >= 11 is 0. The lowest BCUT2D eigenvalue weighted by molar-refractivity contribution is -0.199. The summed E-state index contributed by atoms with van der Waals surface area (Å²) in [6.45, 7) is 14.8. The lowest BCUT2D eigenvalue weighted by atomic mass is 9.45. The van der Waals surface area contributed by atoms with Crippen molar-refractivity contribution < 1.29 is 24.1 Å². The fraction of sp³-hybridized carbons (Fsp3) is 0.700. The van der Waals surface area contributed by atoms with Crippen LogP contribution in [0.5, 0.6) is 5.75 Å². The number of Topliss-reactive ketones (excluding diaryl/α,β-unsaturated/α-hetero) is 1. The van der Waals surface area contributed by atoms with Crippen molar-refractivity contribution in [3.05, 3.63) is 42.0 Å². The standard InChI is InChI=1S/C30H46O5Si/c1-28(2)23-19-24(31)30(15-8-9-26(30)34-17-18-36(5,6)7)27(32)29(23,3)16-14-25(28)35-20-21-10-12-22(33-4)13-11-21/h8,10-13,15,23-26,31H,9,14,16-20H2,1-7H3/t23-,24-,25+,26-,29-,30+/m1/s1. The zero-order valence-electron chi connectivity index (χ0n) is 23.3. The van der Waals surface area contributed by atoms with E-state index in [1.54, 1.807) is 7.11 Å². The van der Waals surface area contributed by atoms with Crippen molar-refractivity contribution in [2.45, 2.75) is 97.1 Å². The summed E-state index contributed by atoms with van der Waals surface area (Å²) in [5.41, 5.74) is -0.558. The first-order valence-electron chi connectivity index (χ1n) is 13.6. The molecule has 6 heteroatoms. The summed E-state index contributed by atoms with van der Waals surface area (Å²) < 4.78 is 18.1. The molecule has 1 aromatic carbocycles. The number of ether oxygens (including phenoxy) is 3. The number of rotatable bonds is 8. The molecule has 200 valence electrons. The van der Waals surface area contributed by atoms with Crippen LogP contribution in [0.4, 0.5) is 0 Å². The van der Waals surface area contributed by atoms with Crippen LogP contribution in [0.25, 0.3) is 0 Å². The molecule has 0 amide bonds. The largest absolute Gasteiger partial charge is 0.497 e. The second-order valence-electron chi connectivity index (χ2n) is 13.3. The number of carbonyl (C=O) groups is 1. The zero-order chi connectivity index (χ0) is 26.4. The maximum atomic E-state index is 14.4. The average Bonchev–Trinajstić information content (AvgIpc) is 3.23. The van der Waals surface area contributed by atoms with Crippen LogP contribution in [-0.2, 0) is 20.9 Å². The van der Waals surface area contributed by atoms with Crippen LogP contribution in [0.1, 0.15) is 52.0 Å². The van der Waals surface area contributed by atoms with Crippen molar-refractivity contribution in [2.75, 3.05) is 13.7 Å². The van der Waals surface area contributed by atoms with Crippen LogP contribution in [0.2, 0.25) is 25.7 Å². The van der Waals surface area contributed by atoms with Gasteiger partial charge in [-0.1, -0.05) is 64.7 Å². The van der Waals surface area contributed by atoms with Crippen LogP contribution in [0.3, 0.4) is 0 Å². The number of methoxy groups -OCH3 is 1. The van der Waals surface area contributed by atoms with E-state index < -0.39 is 25.0 Å². The molecule has 36 heavy (non-hydrogen) atoms. The lowest BCUT2D eigenvalue weighted by Gasteiger charge is -2.60. The number of benzene rings is 1. The van der Waals surface area contributed by atoms with Crippen molar-refractivity contribution in [2.24, 2.45) is 22.2 Å². The normalized spacial score (nSPS) is 35.7. The van der Waals surface area contributed by atoms with E-state index in [9.17, 15) is 9.90 Å². The van der Waals surface area contributed by atoms with Gasteiger partial charge in [0.25, 0.3) is 0 Å². The van der Waals surface area contributed by atoms with Crippen LogP contribution < -0.4 is 4.74 Å². The van der Waals surface area contributed by atoms with Gasteiger partial charge in [-0.15, -0.1) is 0 Å². The number of hydrogen-bond donors (Lipinski definition) is 1. The lowest BCUT2D eigenvalue weighted by Crippen LogP contribution is -2.66. The molecular formula is C30H46O5Si. The summed E-state index contributed by atoms with van der Waals surface area (Å²) in [5, 5.41) is 11.6. The van der Waals surface area contributed by atoms with Crippen LogP contribution in [0, 0.1) is 22.2 Å². The molecule has 1 spiro atoms. The first kappa shape index (κ1) is 27.6. The van der Waals surface area contributed by atoms with Crippen LogP contribution in [0.15, 0.2) is 36.4 Å². The van der Waals surface area contributed by atoms with Crippen molar-refractivity contribution in [3.63, 3.8) is 0 Å². The molecule has 5 nitrogen and oxygen atoms in total. The molecule has 0 unspecified atom stereocenters. The molecule has 0 aliphatic heterocycles. The van der Waals surface area contributed by atoms with Gasteiger partial charge in [-0.25, -0.2) is 0 Å². The predicted octanol–water partition coefficient (Wildman–Crippen LogP) is 6.03. The Morgan fingerprint density at radius 3 is 2.39 bits per heavy atom. The number of hydrogen-bond acceptors (Lipinski definition) is 5. The minimum Gasteiger partial charge on any atom is -0.497 e. The van der Waals surface area contributed by atoms with Gasteiger partial charge in [0.1, 0.15) is 5.75 Å². The highest BCUT2D eigenvalue weighted by molar-refractivity contribution is 6.76. The van der Waals surface area contributed by atoms with E-state index in [4.69, 9.17) is 14.2 Å². The highest BCUT2D eigenvalue weighted by Crippen LogP contribution is 2.62. The summed E-state index contributed by atoms with van der Waals surface area (Å²) in [7, 11) is 0.423. The van der Waals surface area contributed by atoms with E-state index >= 15 is 0 Å². The van der Waals surface area contributed by atoms with Crippen LogP contribution in [-0.4, -0.2) is 51.0 Å². The average molecular weight is 515 g/mol. The van der Waals surface area contributed by atoms with Gasteiger partial charge in [0, 0.05) is 20.1 Å². The van der Waals surface area contributed by atoms with Gasteiger partial charge in [0.15, 0.2) is 5.78 Å². The Bertz CT molecular complexity index is 965. The number of ketones is 1. The molecule has 0 saturated heterocycles. The Kier molecular flexibility index (Phi) is 7.66. The zero-order valence-corrected chi connectivity index (χ0v) is 24.3. The summed E-state index contributed by atoms with van der Waals surface area (Å²) in [6.07, 6.45) is 5.96. The maximum Gasteiger partial charge on any atom is 0.154 e. The third-order valence-electron chi connectivity index (χ3n) is 9.40. The van der Waals surface area contributed by atoms with E-state index in [0.29, 0.717) is 26.1 Å². The molecule has 3 aliphatic rings. The third-order valence-corrected chi connectivity index (χ3v) is 11.1. The molecule has 1 aromatic rings. The SMILES string of the molecule is COc1ccc(CO[C@H]2CC[C@@]3(C)C(=O)[C@@]4(C=CC[C@H]4OCC[Si](C)(C)C)[C@H](O)C[C@@H]3C2(C)C)cc1. The second kappa shape index (κ2) is 10.0. The van der Waals surface area contributed by atoms with Crippen molar-refractivity contribution in [1.82, 2.24) is 0 Å². The molecule has 0 bridgehead atoms. The first-order valence-corrected chi connectivity index (χ1v) is 17.3. The molecule has 0 heterocycles. The summed E-state index contributed by atoms with van der Waals surface area (Å²) in [4.78, 5) is 14.4. The minimum absolute atomic E-state index is 0.0228. The predicted molar refractivity (Wildman–Crippen MR) is 146 cm³/mol. The number of fused-ring (bicyclic) bond motifs is 1. The maximum absolute atomic E-state index is 14.4. The molecule has 2 fully saturated rings. The number of aliphatic hydroxyl groups is 1. The van der Waals surface area contributed by atoms with Crippen molar-refractivity contribution in [3.8, 4) is 5.75 Å². The number of aliphatic hydroxyl groups excluding tert-OH is 1. The molecule has 2 saturated carbocycles. The van der Waals surface area contributed by atoms with Crippen molar-refractivity contribution in [1.29, 1.82) is 0 Å². The molecule has 1 N–H and O–H groups in total. The van der Waals surface area contributed by atoms with E-state index in [1.807, 2.05) is 30.3 Å². The van der Waals surface area contributed by atoms with Gasteiger partial charge < -0.3 is 19.3 Å². The molecule has 0 radical (unpaired) electrons. The highest BCUT2D eigenvalue weighted by atomic mass is 28.3. The summed E-state index contributed by atoms with van der Waals surface area (Å²) in [5.74, 6) is 1.05. The Labute approximate surface area is 218 Å². The molecule has 4 rings (SSSR count). The molecule has 6 atom stereocenters. The Morgan fingerprint density at radius 1 is 1.06 bits per heavy atom. The Balaban J connectivity index is 1.50. The number of carbonyl (C=O) groups excluding carboxylic acids is 1. The monoisotopic (exact) mass is 514 g/mol. The highest BCUT2D eigenvalue weighted by Gasteiger charge is 2.67. The van der Waals surface area contributed by atoms with Gasteiger partial charge in [-0.3, -0.25) is 4.79 Å². The van der Waals surface area contributed by atoms with Gasteiger partial charge in [0.05, 0.1) is 37.4 Å². The van der Waals surface area contributed by atoms with E-state index in [0.717, 1.165) is 30.2 Å². The Hall–Kier alpha value is -1.47. The molecular weight excluding hydrogens is 468 g/mol. The molecule has 0 aromatic heterocycles. The fourth-order valence-corrected chi connectivity index (χ4v) is 7.82. The third kappa shape index (κ3) is 4.86. The summed E-state index contributed by atoms with van der Waals surface area (Å²) in [6, 6.07) is 9.03. The van der Waals surface area contributed by atoms with Gasteiger partial charge >= 0.3 is 0 Å². The Morgan fingerprint density at radius 2 is 1.75 bits per heavy atom. The van der Waals surface area contributed by atoms with E-state index in [2.05, 4.69) is 46.5 Å². The van der Waals surface area contributed by atoms with E-state index in [1.165, 1.54) is 0 Å². The van der Waals surface area contributed by atoms with Crippen LogP contribution >= 0.6 is 0 Å². The smallest absolute Gasteiger partial charge is 0.154 e. The van der Waals surface area contributed by atoms with Gasteiger partial charge in [0.2, 0.25) is 0 Å². The van der Waals surface area contributed by atoms with Gasteiger partial charge in [-0.2, -0.15) is 0 Å². The van der Waals surface area contributed by atoms with Crippen molar-refractivity contribution >= 4 is 13.9 Å². The second-order valence-corrected chi connectivity index (χ2v) is 18.9. The topological polar surface area (TPSA) is 65.0 Å². The van der Waals surface area contributed by atoms with Gasteiger partial charge in [-0.05, 0) is 60.8 Å².